The molecule has 0 fully saturated rings. The number of halogens is 1. The van der Waals surface area contributed by atoms with Gasteiger partial charge in [0.2, 0.25) is 0 Å². The Labute approximate surface area is 122 Å². The maximum absolute atomic E-state index is 6.26. The van der Waals surface area contributed by atoms with Crippen LogP contribution >= 0.6 is 39.0 Å². The van der Waals surface area contributed by atoms with Crippen molar-refractivity contribution in [2.45, 2.75) is 44.9 Å². The molecule has 98 valence electrons. The first kappa shape index (κ1) is 15.5. The summed E-state index contributed by atoms with van der Waals surface area (Å²) in [6, 6.07) is 4.59. The van der Waals surface area contributed by atoms with Gasteiger partial charge < -0.3 is 5.73 Å². The second kappa shape index (κ2) is 7.82. The van der Waals surface area contributed by atoms with Gasteiger partial charge in [0.15, 0.2) is 0 Å². The lowest BCUT2D eigenvalue weighted by atomic mass is 10.1. The van der Waals surface area contributed by atoms with Crippen molar-refractivity contribution in [2.75, 3.05) is 5.75 Å². The third kappa shape index (κ3) is 4.93. The molecule has 1 aromatic heterocycles. The Bertz CT molecular complexity index is 327. The van der Waals surface area contributed by atoms with Crippen LogP contribution in [-0.4, -0.2) is 11.8 Å². The van der Waals surface area contributed by atoms with E-state index >= 15 is 0 Å². The van der Waals surface area contributed by atoms with Crippen LogP contribution in [0.3, 0.4) is 0 Å². The normalized spacial score (nSPS) is 16.8. The predicted molar refractivity (Wildman–Crippen MR) is 84.9 cm³/mol. The van der Waals surface area contributed by atoms with Crippen molar-refractivity contribution >= 4 is 39.0 Å². The number of thiophene rings is 1. The van der Waals surface area contributed by atoms with Crippen molar-refractivity contribution in [3.05, 3.63) is 20.8 Å². The lowest BCUT2D eigenvalue weighted by molar-refractivity contribution is 0.618. The zero-order valence-electron chi connectivity index (χ0n) is 10.8. The molecule has 0 aliphatic rings. The Morgan fingerprint density at radius 2 is 2.06 bits per heavy atom. The minimum absolute atomic E-state index is 0.259. The Morgan fingerprint density at radius 1 is 1.35 bits per heavy atom. The SMILES string of the molecule is CCC(C)CSC(c1ccc(Br)s1)C(N)CC. The van der Waals surface area contributed by atoms with Crippen LogP contribution in [0.4, 0.5) is 0 Å². The van der Waals surface area contributed by atoms with Crippen molar-refractivity contribution in [1.29, 1.82) is 0 Å². The summed E-state index contributed by atoms with van der Waals surface area (Å²) in [4.78, 5) is 1.40. The summed E-state index contributed by atoms with van der Waals surface area (Å²) in [7, 11) is 0. The molecule has 0 aliphatic carbocycles. The molecule has 0 aliphatic heterocycles. The highest BCUT2D eigenvalue weighted by molar-refractivity contribution is 9.11. The topological polar surface area (TPSA) is 26.0 Å². The van der Waals surface area contributed by atoms with Gasteiger partial charge in [-0.3, -0.25) is 0 Å². The lowest BCUT2D eigenvalue weighted by Gasteiger charge is -2.22. The minimum Gasteiger partial charge on any atom is -0.326 e. The molecule has 0 saturated carbocycles. The van der Waals surface area contributed by atoms with Crippen molar-refractivity contribution in [2.24, 2.45) is 11.7 Å². The van der Waals surface area contributed by atoms with E-state index in [-0.39, 0.29) is 6.04 Å². The molecule has 0 amide bonds. The fourth-order valence-electron chi connectivity index (χ4n) is 1.50. The van der Waals surface area contributed by atoms with E-state index in [1.54, 1.807) is 0 Å². The lowest BCUT2D eigenvalue weighted by Crippen LogP contribution is -2.25. The van der Waals surface area contributed by atoms with Crippen molar-refractivity contribution < 1.29 is 0 Å². The van der Waals surface area contributed by atoms with Crippen LogP contribution in [0.15, 0.2) is 15.9 Å². The highest BCUT2D eigenvalue weighted by Crippen LogP contribution is 2.39. The maximum Gasteiger partial charge on any atom is 0.0701 e. The van der Waals surface area contributed by atoms with E-state index in [0.29, 0.717) is 5.25 Å². The number of rotatable bonds is 7. The van der Waals surface area contributed by atoms with Gasteiger partial charge in [0.05, 0.1) is 9.04 Å². The second-order valence-corrected chi connectivity index (χ2v) is 8.15. The first-order valence-electron chi connectivity index (χ1n) is 6.20. The van der Waals surface area contributed by atoms with Crippen LogP contribution in [0.1, 0.15) is 43.7 Å². The standard InChI is InChI=1S/C13H22BrNS2/c1-4-9(3)8-16-13(10(15)5-2)11-6-7-12(14)17-11/h6-7,9-10,13H,4-5,8,15H2,1-3H3. The monoisotopic (exact) mass is 335 g/mol. The van der Waals surface area contributed by atoms with Gasteiger partial charge in [-0.05, 0) is 46.2 Å². The van der Waals surface area contributed by atoms with Gasteiger partial charge in [0, 0.05) is 10.9 Å². The van der Waals surface area contributed by atoms with Crippen molar-refractivity contribution in [3.8, 4) is 0 Å². The molecule has 3 unspecified atom stereocenters. The van der Waals surface area contributed by atoms with E-state index in [1.165, 1.54) is 20.8 Å². The first-order valence-corrected chi connectivity index (χ1v) is 8.86. The van der Waals surface area contributed by atoms with E-state index in [2.05, 4.69) is 48.8 Å². The molecule has 1 nitrogen and oxygen atoms in total. The fraction of sp³-hybridized carbons (Fsp3) is 0.692. The first-order chi connectivity index (χ1) is 8.08. The summed E-state index contributed by atoms with van der Waals surface area (Å²) in [5.41, 5.74) is 6.26. The van der Waals surface area contributed by atoms with Gasteiger partial charge >= 0.3 is 0 Å². The van der Waals surface area contributed by atoms with E-state index < -0.39 is 0 Å². The largest absolute Gasteiger partial charge is 0.326 e. The molecule has 0 radical (unpaired) electrons. The van der Waals surface area contributed by atoms with Gasteiger partial charge in [-0.25, -0.2) is 0 Å². The zero-order chi connectivity index (χ0) is 12.8. The van der Waals surface area contributed by atoms with E-state index in [9.17, 15) is 0 Å². The van der Waals surface area contributed by atoms with Gasteiger partial charge in [-0.2, -0.15) is 11.8 Å². The third-order valence-electron chi connectivity index (χ3n) is 2.99. The number of thioether (sulfide) groups is 1. The van der Waals surface area contributed by atoms with Crippen molar-refractivity contribution in [3.63, 3.8) is 0 Å². The molecule has 0 saturated heterocycles. The summed E-state index contributed by atoms with van der Waals surface area (Å²) in [5.74, 6) is 1.97. The van der Waals surface area contributed by atoms with Gasteiger partial charge in [0.1, 0.15) is 0 Å². The van der Waals surface area contributed by atoms with Gasteiger partial charge in [0.25, 0.3) is 0 Å². The quantitative estimate of drug-likeness (QED) is 0.752. The average Bonchev–Trinajstić information content (AvgIpc) is 2.75. The van der Waals surface area contributed by atoms with E-state index in [1.807, 2.05) is 23.1 Å². The zero-order valence-corrected chi connectivity index (χ0v) is 14.0. The van der Waals surface area contributed by atoms with Crippen molar-refractivity contribution in [1.82, 2.24) is 0 Å². The van der Waals surface area contributed by atoms with Crippen LogP contribution in [0.5, 0.6) is 0 Å². The summed E-state index contributed by atoms with van der Waals surface area (Å²) >= 11 is 7.37. The highest BCUT2D eigenvalue weighted by Gasteiger charge is 2.21. The molecule has 4 heteroatoms. The molecule has 0 aromatic carbocycles. The van der Waals surface area contributed by atoms with Crippen LogP contribution < -0.4 is 5.73 Å². The Kier molecular flexibility index (Phi) is 7.15. The average molecular weight is 336 g/mol. The van der Waals surface area contributed by atoms with E-state index in [4.69, 9.17) is 5.73 Å². The molecule has 0 spiro atoms. The molecule has 1 rings (SSSR count). The smallest absolute Gasteiger partial charge is 0.0701 e. The van der Waals surface area contributed by atoms with Gasteiger partial charge in [-0.1, -0.05) is 27.2 Å². The molecule has 3 atom stereocenters. The Hall–Kier alpha value is 0.490. The molecular weight excluding hydrogens is 314 g/mol. The molecule has 2 N–H and O–H groups in total. The second-order valence-electron chi connectivity index (χ2n) is 4.48. The molecule has 1 aromatic rings. The highest BCUT2D eigenvalue weighted by atomic mass is 79.9. The summed E-state index contributed by atoms with van der Waals surface area (Å²) in [6.45, 7) is 6.73. The summed E-state index contributed by atoms with van der Waals surface area (Å²) in [6.07, 6.45) is 2.28. The van der Waals surface area contributed by atoms with Crippen LogP contribution in [0.25, 0.3) is 0 Å². The Balaban J connectivity index is 2.67. The number of hydrogen-bond acceptors (Lipinski definition) is 3. The molecular formula is C13H22BrNS2. The molecule has 17 heavy (non-hydrogen) atoms. The van der Waals surface area contributed by atoms with E-state index in [0.717, 1.165) is 12.3 Å². The minimum atomic E-state index is 0.259. The van der Waals surface area contributed by atoms with Crippen LogP contribution in [0, 0.1) is 5.92 Å². The molecule has 0 bridgehead atoms. The Morgan fingerprint density at radius 3 is 2.53 bits per heavy atom. The summed E-state index contributed by atoms with van der Waals surface area (Å²) < 4.78 is 1.20. The van der Waals surface area contributed by atoms with Crippen LogP contribution in [0.2, 0.25) is 0 Å². The molecule has 1 heterocycles. The predicted octanol–water partition coefficient (Wildman–Crippen LogP) is 5.07. The fourth-order valence-corrected chi connectivity index (χ4v) is 4.78. The van der Waals surface area contributed by atoms with Gasteiger partial charge in [-0.15, -0.1) is 11.3 Å². The summed E-state index contributed by atoms with van der Waals surface area (Å²) in [5, 5.41) is 0.449. The van der Waals surface area contributed by atoms with Crippen LogP contribution in [-0.2, 0) is 0 Å². The maximum atomic E-state index is 6.26. The number of nitrogens with two attached hydrogens (primary N) is 1. The number of hydrogen-bond donors (Lipinski definition) is 1. The third-order valence-corrected chi connectivity index (χ3v) is 6.57.